The van der Waals surface area contributed by atoms with Gasteiger partial charge in [0.05, 0.1) is 17.7 Å². The van der Waals surface area contributed by atoms with Crippen molar-refractivity contribution in [1.82, 2.24) is 15.5 Å². The SMILES string of the molecule is Cc1cnc(C[C@@H](C)CCCNC(=O)Cc2ccc3oc(C(O)c4c(C)noc4C)cc3c2)c(C)c1. The van der Waals surface area contributed by atoms with E-state index < -0.39 is 6.10 Å². The lowest BCUT2D eigenvalue weighted by atomic mass is 9.97. The predicted octanol–water partition coefficient (Wildman–Crippen LogP) is 5.45. The van der Waals surface area contributed by atoms with Crippen LogP contribution >= 0.6 is 0 Å². The van der Waals surface area contributed by atoms with Crippen LogP contribution in [0.5, 0.6) is 0 Å². The maximum Gasteiger partial charge on any atom is 0.224 e. The van der Waals surface area contributed by atoms with Gasteiger partial charge in [0.25, 0.3) is 0 Å². The van der Waals surface area contributed by atoms with Gasteiger partial charge in [-0.2, -0.15) is 0 Å². The smallest absolute Gasteiger partial charge is 0.224 e. The van der Waals surface area contributed by atoms with Crippen LogP contribution in [0.1, 0.15) is 71.0 Å². The number of aliphatic hydroxyl groups is 1. The van der Waals surface area contributed by atoms with Gasteiger partial charge >= 0.3 is 0 Å². The highest BCUT2D eigenvalue weighted by Gasteiger charge is 2.23. The molecule has 3 heterocycles. The zero-order valence-corrected chi connectivity index (χ0v) is 21.7. The molecule has 36 heavy (non-hydrogen) atoms. The summed E-state index contributed by atoms with van der Waals surface area (Å²) in [5, 5.41) is 18.5. The van der Waals surface area contributed by atoms with Crippen LogP contribution in [0, 0.1) is 33.6 Å². The summed E-state index contributed by atoms with van der Waals surface area (Å²) in [4.78, 5) is 17.1. The van der Waals surface area contributed by atoms with E-state index in [0.29, 0.717) is 47.2 Å². The standard InChI is InChI=1S/C29H35N3O4/c1-17(12-24-19(3)11-18(2)16-31-24)7-6-10-30-27(33)14-22-8-9-25-23(13-22)15-26(35-25)29(34)28-20(4)32-36-21(28)5/h8-9,11,13,15-17,29,34H,6-7,10,12,14H2,1-5H3,(H,30,33)/t17-,29?/m0/s1. The average molecular weight is 490 g/mol. The Balaban J connectivity index is 1.27. The van der Waals surface area contributed by atoms with Gasteiger partial charge in [0.15, 0.2) is 0 Å². The number of furan rings is 1. The number of hydrogen-bond acceptors (Lipinski definition) is 6. The van der Waals surface area contributed by atoms with Crippen LogP contribution in [0.3, 0.4) is 0 Å². The van der Waals surface area contributed by atoms with Crippen molar-refractivity contribution in [3.05, 3.63) is 81.7 Å². The van der Waals surface area contributed by atoms with E-state index in [1.807, 2.05) is 24.4 Å². The van der Waals surface area contributed by atoms with Gasteiger partial charge < -0.3 is 19.4 Å². The lowest BCUT2D eigenvalue weighted by Crippen LogP contribution is -2.26. The van der Waals surface area contributed by atoms with Gasteiger partial charge in [0.1, 0.15) is 23.2 Å². The number of fused-ring (bicyclic) bond motifs is 1. The molecule has 3 aromatic heterocycles. The quantitative estimate of drug-likeness (QED) is 0.287. The fraction of sp³-hybridized carbons (Fsp3) is 0.414. The minimum absolute atomic E-state index is 0.00229. The minimum atomic E-state index is -0.955. The average Bonchev–Trinajstić information content (AvgIpc) is 3.40. The molecule has 0 aliphatic carbocycles. The molecule has 7 nitrogen and oxygen atoms in total. The second-order valence-corrected chi connectivity index (χ2v) is 9.92. The molecule has 4 rings (SSSR count). The summed E-state index contributed by atoms with van der Waals surface area (Å²) in [5.41, 5.74) is 6.40. The molecule has 2 atom stereocenters. The first-order chi connectivity index (χ1) is 17.2. The van der Waals surface area contributed by atoms with Crippen molar-refractivity contribution in [2.75, 3.05) is 6.54 Å². The number of rotatable bonds is 10. The number of carbonyl (C=O) groups is 1. The summed E-state index contributed by atoms with van der Waals surface area (Å²) in [6.07, 6.45) is 4.19. The predicted molar refractivity (Wildman–Crippen MR) is 139 cm³/mol. The van der Waals surface area contributed by atoms with E-state index in [1.54, 1.807) is 19.9 Å². The molecule has 2 N–H and O–H groups in total. The zero-order valence-electron chi connectivity index (χ0n) is 21.7. The van der Waals surface area contributed by atoms with Crippen LogP contribution in [0.25, 0.3) is 11.0 Å². The Bertz CT molecular complexity index is 1330. The van der Waals surface area contributed by atoms with Crippen LogP contribution in [-0.4, -0.2) is 27.7 Å². The highest BCUT2D eigenvalue weighted by Crippen LogP contribution is 2.32. The molecule has 1 unspecified atom stereocenters. The number of amides is 1. The molecular weight excluding hydrogens is 454 g/mol. The largest absolute Gasteiger partial charge is 0.458 e. The summed E-state index contributed by atoms with van der Waals surface area (Å²) < 4.78 is 11.0. The van der Waals surface area contributed by atoms with Gasteiger partial charge in [0.2, 0.25) is 5.91 Å². The molecule has 0 fully saturated rings. The zero-order chi connectivity index (χ0) is 25.8. The fourth-order valence-electron chi connectivity index (χ4n) is 4.70. The van der Waals surface area contributed by atoms with E-state index in [0.717, 1.165) is 35.9 Å². The third-order valence-electron chi connectivity index (χ3n) is 6.66. The number of nitrogens with zero attached hydrogens (tertiary/aromatic N) is 2. The third kappa shape index (κ3) is 6.02. The van der Waals surface area contributed by atoms with Gasteiger partial charge in [0, 0.05) is 23.8 Å². The molecular formula is C29H35N3O4. The number of carbonyl (C=O) groups excluding carboxylic acids is 1. The lowest BCUT2D eigenvalue weighted by molar-refractivity contribution is -0.120. The van der Waals surface area contributed by atoms with Crippen molar-refractivity contribution in [3.63, 3.8) is 0 Å². The number of hydrogen-bond donors (Lipinski definition) is 2. The molecule has 0 saturated carbocycles. The van der Waals surface area contributed by atoms with E-state index >= 15 is 0 Å². The molecule has 4 aromatic rings. The van der Waals surface area contributed by atoms with Crippen molar-refractivity contribution in [2.24, 2.45) is 5.92 Å². The summed E-state index contributed by atoms with van der Waals surface area (Å²) in [5.74, 6) is 1.49. The number of nitrogens with one attached hydrogen (secondary N) is 1. The molecule has 0 bridgehead atoms. The summed E-state index contributed by atoms with van der Waals surface area (Å²) in [6.45, 7) is 10.6. The molecule has 0 radical (unpaired) electrons. The van der Waals surface area contributed by atoms with Crippen molar-refractivity contribution >= 4 is 16.9 Å². The maximum absolute atomic E-state index is 12.5. The normalized spacial score (nSPS) is 13.2. The van der Waals surface area contributed by atoms with Gasteiger partial charge in [-0.25, -0.2) is 0 Å². The minimum Gasteiger partial charge on any atom is -0.458 e. The van der Waals surface area contributed by atoms with Crippen LogP contribution in [0.15, 0.2) is 45.5 Å². The van der Waals surface area contributed by atoms with Crippen LogP contribution < -0.4 is 5.32 Å². The summed E-state index contributed by atoms with van der Waals surface area (Å²) >= 11 is 0. The first-order valence-electron chi connectivity index (χ1n) is 12.5. The van der Waals surface area contributed by atoms with E-state index in [4.69, 9.17) is 8.94 Å². The number of benzene rings is 1. The topological polar surface area (TPSA) is 101 Å². The molecule has 0 aliphatic heterocycles. The Hall–Kier alpha value is -3.45. The Kier molecular flexibility index (Phi) is 7.89. The van der Waals surface area contributed by atoms with Crippen molar-refractivity contribution in [3.8, 4) is 0 Å². The molecule has 7 heteroatoms. The Morgan fingerprint density at radius 2 is 1.94 bits per heavy atom. The highest BCUT2D eigenvalue weighted by atomic mass is 16.5. The van der Waals surface area contributed by atoms with E-state index in [1.165, 1.54) is 11.1 Å². The number of pyridine rings is 1. The maximum atomic E-state index is 12.5. The second-order valence-electron chi connectivity index (χ2n) is 9.92. The summed E-state index contributed by atoms with van der Waals surface area (Å²) in [6, 6.07) is 9.64. The first kappa shape index (κ1) is 25.6. The Labute approximate surface area is 211 Å². The van der Waals surface area contributed by atoms with Crippen molar-refractivity contribution in [2.45, 2.75) is 66.4 Å². The third-order valence-corrected chi connectivity index (χ3v) is 6.66. The summed E-state index contributed by atoms with van der Waals surface area (Å²) in [7, 11) is 0. The van der Waals surface area contributed by atoms with Crippen LogP contribution in [0.4, 0.5) is 0 Å². The molecule has 0 aliphatic rings. The van der Waals surface area contributed by atoms with E-state index in [-0.39, 0.29) is 5.91 Å². The molecule has 0 spiro atoms. The van der Waals surface area contributed by atoms with Crippen LogP contribution in [0.2, 0.25) is 0 Å². The molecule has 190 valence electrons. The van der Waals surface area contributed by atoms with Gasteiger partial charge in [-0.05, 0) is 87.8 Å². The highest BCUT2D eigenvalue weighted by molar-refractivity contribution is 5.83. The van der Waals surface area contributed by atoms with Crippen molar-refractivity contribution < 1.29 is 18.8 Å². The first-order valence-corrected chi connectivity index (χ1v) is 12.5. The Morgan fingerprint density at radius 3 is 2.67 bits per heavy atom. The lowest BCUT2D eigenvalue weighted by Gasteiger charge is -2.13. The number of aliphatic hydroxyl groups excluding tert-OH is 1. The molecule has 1 aromatic carbocycles. The monoisotopic (exact) mass is 489 g/mol. The molecule has 0 saturated heterocycles. The second kappa shape index (κ2) is 11.1. The number of aryl methyl sites for hydroxylation is 4. The molecule has 1 amide bonds. The van der Waals surface area contributed by atoms with Gasteiger partial charge in [-0.15, -0.1) is 0 Å². The van der Waals surface area contributed by atoms with E-state index in [2.05, 4.69) is 42.3 Å². The van der Waals surface area contributed by atoms with Gasteiger partial charge in [-0.1, -0.05) is 24.2 Å². The Morgan fingerprint density at radius 1 is 1.14 bits per heavy atom. The van der Waals surface area contributed by atoms with Gasteiger partial charge in [-0.3, -0.25) is 9.78 Å². The van der Waals surface area contributed by atoms with Crippen LogP contribution in [-0.2, 0) is 17.6 Å². The van der Waals surface area contributed by atoms with Crippen molar-refractivity contribution in [1.29, 1.82) is 0 Å². The fourth-order valence-corrected chi connectivity index (χ4v) is 4.70. The van der Waals surface area contributed by atoms with E-state index in [9.17, 15) is 9.90 Å². The number of aromatic nitrogens is 2.